The van der Waals surface area contributed by atoms with Gasteiger partial charge in [-0.2, -0.15) is 4.91 Å². The van der Waals surface area contributed by atoms with Gasteiger partial charge in [-0.25, -0.2) is 0 Å². The number of fused-ring (bicyclic) bond motifs is 3. The first-order valence-corrected chi connectivity index (χ1v) is 10.0. The van der Waals surface area contributed by atoms with Crippen molar-refractivity contribution in [3.8, 4) is 22.8 Å². The lowest BCUT2D eigenvalue weighted by Crippen LogP contribution is -2.26. The molecule has 31 heavy (non-hydrogen) atoms. The number of pyridine rings is 1. The Morgan fingerprint density at radius 3 is 2.58 bits per heavy atom. The molecule has 1 unspecified atom stereocenters. The van der Waals surface area contributed by atoms with Gasteiger partial charge >= 0.3 is 5.91 Å². The van der Waals surface area contributed by atoms with Crippen LogP contribution in [0.5, 0.6) is 11.5 Å². The maximum Gasteiger partial charge on any atom is 0.322 e. The van der Waals surface area contributed by atoms with Crippen LogP contribution in [0.25, 0.3) is 11.3 Å². The minimum atomic E-state index is -1.07. The van der Waals surface area contributed by atoms with Crippen molar-refractivity contribution in [3.05, 3.63) is 55.6 Å². The Bertz CT molecular complexity index is 1090. The number of benzene rings is 1. The number of carbonyl (C=O) groups excluding carboxylic acids is 1. The molecule has 0 bridgehead atoms. The zero-order valence-corrected chi connectivity index (χ0v) is 18.0. The Balaban J connectivity index is 2.09. The highest BCUT2D eigenvalue weighted by Crippen LogP contribution is 2.42. The first kappa shape index (κ1) is 22.3. The maximum absolute atomic E-state index is 12.5. The van der Waals surface area contributed by atoms with Gasteiger partial charge in [0.05, 0.1) is 26.0 Å². The molecule has 0 radical (unpaired) electrons. The van der Waals surface area contributed by atoms with Gasteiger partial charge in [-0.3, -0.25) is 9.59 Å². The van der Waals surface area contributed by atoms with Crippen LogP contribution in [-0.2, 0) is 6.42 Å². The van der Waals surface area contributed by atoms with E-state index < -0.39 is 16.8 Å². The second kappa shape index (κ2) is 8.79. The summed E-state index contributed by atoms with van der Waals surface area (Å²) in [5.41, 5.74) is 1.18. The fourth-order valence-electron chi connectivity index (χ4n) is 3.75. The molecule has 0 aliphatic carbocycles. The summed E-state index contributed by atoms with van der Waals surface area (Å²) in [4.78, 5) is 45.5. The van der Waals surface area contributed by atoms with Gasteiger partial charge in [0.25, 0.3) is 0 Å². The van der Waals surface area contributed by atoms with Crippen LogP contribution < -0.4 is 14.9 Å². The van der Waals surface area contributed by atoms with Crippen molar-refractivity contribution in [2.24, 2.45) is 15.8 Å². The minimum absolute atomic E-state index is 0.0155. The number of ether oxygens (including phenoxy) is 2. The first-order chi connectivity index (χ1) is 14.7. The van der Waals surface area contributed by atoms with Crippen LogP contribution in [-0.4, -0.2) is 30.7 Å². The lowest BCUT2D eigenvalue weighted by Gasteiger charge is -2.31. The zero-order valence-electron chi connectivity index (χ0n) is 18.0. The molecule has 1 aromatic heterocycles. The molecule has 9 nitrogen and oxygen atoms in total. The second-order valence-electron chi connectivity index (χ2n) is 8.41. The van der Waals surface area contributed by atoms with Gasteiger partial charge in [0.15, 0.2) is 16.9 Å². The summed E-state index contributed by atoms with van der Waals surface area (Å²) < 4.78 is 13.3. The Morgan fingerprint density at radius 1 is 1.23 bits per heavy atom. The van der Waals surface area contributed by atoms with E-state index in [1.54, 1.807) is 6.07 Å². The van der Waals surface area contributed by atoms with E-state index in [4.69, 9.17) is 9.47 Å². The molecule has 1 aromatic carbocycles. The van der Waals surface area contributed by atoms with Crippen LogP contribution in [0.3, 0.4) is 0 Å². The normalized spacial score (nSPS) is 14.9. The van der Waals surface area contributed by atoms with E-state index in [0.29, 0.717) is 23.6 Å². The van der Waals surface area contributed by atoms with E-state index >= 15 is 0 Å². The number of nitrogens with zero attached hydrogens (tertiary/aromatic N) is 3. The van der Waals surface area contributed by atoms with E-state index in [1.165, 1.54) is 19.4 Å². The lowest BCUT2D eigenvalue weighted by atomic mass is 9.90. The van der Waals surface area contributed by atoms with Gasteiger partial charge in [-0.15, -0.1) is 4.91 Å². The van der Waals surface area contributed by atoms with Gasteiger partial charge in [-0.1, -0.05) is 25.9 Å². The van der Waals surface area contributed by atoms with E-state index in [9.17, 15) is 19.4 Å². The molecule has 0 saturated heterocycles. The quantitative estimate of drug-likeness (QED) is 0.585. The average molecular weight is 427 g/mol. The summed E-state index contributed by atoms with van der Waals surface area (Å²) in [5, 5.41) is 5.36. The molecule has 1 amide bonds. The van der Waals surface area contributed by atoms with Gasteiger partial charge < -0.3 is 14.0 Å². The Hall–Kier alpha value is -3.36. The number of carbonyl (C=O) groups is 1. The van der Waals surface area contributed by atoms with Crippen LogP contribution in [0.4, 0.5) is 0 Å². The zero-order chi connectivity index (χ0) is 22.8. The molecule has 0 saturated carbocycles. The Labute approximate surface area is 179 Å². The molecule has 3 rings (SSSR count). The predicted molar refractivity (Wildman–Crippen MR) is 116 cm³/mol. The number of methoxy groups -OCH3 is 1. The van der Waals surface area contributed by atoms with Crippen LogP contribution in [0.2, 0.25) is 0 Å². The number of hydrogen-bond donors (Lipinski definition) is 0. The fourth-order valence-corrected chi connectivity index (χ4v) is 3.75. The third-order valence-corrected chi connectivity index (χ3v) is 5.49. The van der Waals surface area contributed by atoms with Crippen molar-refractivity contribution in [2.45, 2.75) is 39.7 Å². The molecule has 0 N–H and O–H groups in total. The summed E-state index contributed by atoms with van der Waals surface area (Å²) in [6.45, 7) is 6.20. The summed E-state index contributed by atoms with van der Waals surface area (Å²) in [6.07, 6.45) is 2.81. The SMILES string of the molecule is CCC1Cc2cc(OCC(C)(C)CN=O)c(OC)cc2-c2cc(=O)c(C(=O)N=O)cn21. The molecule has 1 aliphatic rings. The molecular weight excluding hydrogens is 402 g/mol. The van der Waals surface area contributed by atoms with Gasteiger partial charge in [0.1, 0.15) is 5.56 Å². The third kappa shape index (κ3) is 4.40. The summed E-state index contributed by atoms with van der Waals surface area (Å²) in [5.74, 6) is -0.0465. The molecule has 9 heteroatoms. The monoisotopic (exact) mass is 427 g/mol. The van der Waals surface area contributed by atoms with Crippen molar-refractivity contribution in [1.82, 2.24) is 4.57 Å². The van der Waals surface area contributed by atoms with Crippen molar-refractivity contribution in [2.75, 3.05) is 20.3 Å². The number of aromatic nitrogens is 1. The molecule has 1 aliphatic heterocycles. The van der Waals surface area contributed by atoms with E-state index in [0.717, 1.165) is 17.5 Å². The molecule has 2 heterocycles. The number of amides is 1. The second-order valence-corrected chi connectivity index (χ2v) is 8.41. The summed E-state index contributed by atoms with van der Waals surface area (Å²) in [7, 11) is 1.52. The Morgan fingerprint density at radius 2 is 1.97 bits per heavy atom. The highest BCUT2D eigenvalue weighted by Gasteiger charge is 2.28. The standard InChI is InChI=1S/C22H25N3O6/c1-5-14-6-13-7-20(31-12-22(2,3)11-23-28)19(30-4)8-15(13)17-9-18(26)16(10-25(14)17)21(27)24-29/h7-10,14H,5-6,11-12H2,1-4H3. The summed E-state index contributed by atoms with van der Waals surface area (Å²) in [6, 6.07) is 5.03. The maximum atomic E-state index is 12.5. The molecule has 1 atom stereocenters. The smallest absolute Gasteiger partial charge is 0.322 e. The largest absolute Gasteiger partial charge is 0.493 e. The third-order valence-electron chi connectivity index (χ3n) is 5.49. The topological polar surface area (TPSA) is 116 Å². The van der Waals surface area contributed by atoms with Crippen LogP contribution in [0, 0.1) is 15.2 Å². The molecular formula is C22H25N3O6. The van der Waals surface area contributed by atoms with Gasteiger partial charge in [-0.05, 0) is 30.5 Å². The first-order valence-electron chi connectivity index (χ1n) is 10.0. The van der Waals surface area contributed by atoms with Crippen molar-refractivity contribution >= 4 is 5.91 Å². The Kier molecular flexibility index (Phi) is 6.33. The molecule has 0 spiro atoms. The van der Waals surface area contributed by atoms with Gasteiger partial charge in [0, 0.05) is 34.5 Å². The highest BCUT2D eigenvalue weighted by molar-refractivity contribution is 5.94. The molecule has 0 fully saturated rings. The summed E-state index contributed by atoms with van der Waals surface area (Å²) >= 11 is 0. The predicted octanol–water partition coefficient (Wildman–Crippen LogP) is 4.11. The number of rotatable bonds is 8. The van der Waals surface area contributed by atoms with Crippen molar-refractivity contribution in [1.29, 1.82) is 0 Å². The minimum Gasteiger partial charge on any atom is -0.493 e. The average Bonchev–Trinajstić information content (AvgIpc) is 2.75. The van der Waals surface area contributed by atoms with E-state index in [-0.39, 0.29) is 24.8 Å². The highest BCUT2D eigenvalue weighted by atomic mass is 16.5. The lowest BCUT2D eigenvalue weighted by molar-refractivity contribution is 0.0999. The molecule has 164 valence electrons. The van der Waals surface area contributed by atoms with Crippen LogP contribution in [0.15, 0.2) is 39.5 Å². The van der Waals surface area contributed by atoms with E-state index in [2.05, 4.69) is 10.4 Å². The van der Waals surface area contributed by atoms with Crippen LogP contribution in [0.1, 0.15) is 49.2 Å². The van der Waals surface area contributed by atoms with Crippen molar-refractivity contribution in [3.63, 3.8) is 0 Å². The molecule has 2 aromatic rings. The fraction of sp³-hybridized carbons (Fsp3) is 0.455. The van der Waals surface area contributed by atoms with E-state index in [1.807, 2.05) is 31.4 Å². The van der Waals surface area contributed by atoms with Crippen LogP contribution >= 0.6 is 0 Å². The van der Waals surface area contributed by atoms with Gasteiger partial charge in [0.2, 0.25) is 0 Å². The van der Waals surface area contributed by atoms with Crippen molar-refractivity contribution < 1.29 is 14.3 Å². The number of hydrogen-bond acceptors (Lipinski definition) is 7. The number of nitroso groups, excluding NO2 is 2.